The maximum Gasteiger partial charge on any atom is 0.435 e. The summed E-state index contributed by atoms with van der Waals surface area (Å²) in [6.07, 6.45) is -4.57. The lowest BCUT2D eigenvalue weighted by Crippen LogP contribution is -2.22. The molecule has 0 aromatic carbocycles. The number of rotatable bonds is 3. The summed E-state index contributed by atoms with van der Waals surface area (Å²) < 4.78 is 40.1. The van der Waals surface area contributed by atoms with E-state index in [2.05, 4.69) is 15.5 Å². The van der Waals surface area contributed by atoms with Gasteiger partial charge in [0.2, 0.25) is 5.91 Å². The Bertz CT molecular complexity index is 796. The molecule has 0 unspecified atom stereocenters. The van der Waals surface area contributed by atoms with Crippen molar-refractivity contribution in [1.82, 2.24) is 19.6 Å². The molecule has 2 heterocycles. The van der Waals surface area contributed by atoms with Crippen LogP contribution in [0.2, 0.25) is 0 Å². The normalized spacial score (nSPS) is 11.3. The van der Waals surface area contributed by atoms with E-state index < -0.39 is 24.3 Å². The fourth-order valence-electron chi connectivity index (χ4n) is 2.05. The number of halogens is 3. The molecule has 0 atom stereocenters. The van der Waals surface area contributed by atoms with Crippen molar-refractivity contribution in [3.05, 3.63) is 28.7 Å². The van der Waals surface area contributed by atoms with Crippen molar-refractivity contribution in [2.75, 3.05) is 5.32 Å². The number of carbonyl (C=O) groups excluding carboxylic acids is 1. The molecule has 2 aromatic heterocycles. The summed E-state index contributed by atoms with van der Waals surface area (Å²) in [6, 6.07) is 2.78. The van der Waals surface area contributed by atoms with Crippen molar-refractivity contribution in [1.29, 1.82) is 5.26 Å². The average Bonchev–Trinajstić information content (AvgIpc) is 2.91. The van der Waals surface area contributed by atoms with Crippen molar-refractivity contribution in [3.8, 4) is 6.07 Å². The minimum Gasteiger partial charge on any atom is -0.308 e. The maximum absolute atomic E-state index is 12.6. The Morgan fingerprint density at radius 2 is 2.04 bits per heavy atom. The highest BCUT2D eigenvalue weighted by Gasteiger charge is 2.34. The van der Waals surface area contributed by atoms with Gasteiger partial charge in [-0.05, 0) is 19.9 Å². The first-order chi connectivity index (χ1) is 10.6. The Balaban J connectivity index is 2.18. The minimum absolute atomic E-state index is 0.191. The third-order valence-corrected chi connectivity index (χ3v) is 3.16. The van der Waals surface area contributed by atoms with Gasteiger partial charge in [-0.25, -0.2) is 0 Å². The van der Waals surface area contributed by atoms with Crippen LogP contribution in [0, 0.1) is 25.2 Å². The SMILES string of the molecule is Cc1nn(C)c(NC(=O)Cn2nc(C(F)(F)F)cc2C)c1C#N. The lowest BCUT2D eigenvalue weighted by molar-refractivity contribution is -0.141. The highest BCUT2D eigenvalue weighted by atomic mass is 19.4. The molecular formula is C13H13F3N6O. The first-order valence-corrected chi connectivity index (χ1v) is 6.48. The summed E-state index contributed by atoms with van der Waals surface area (Å²) in [7, 11) is 1.55. The van der Waals surface area contributed by atoms with Crippen LogP contribution in [0.3, 0.4) is 0 Å². The molecule has 0 aliphatic rings. The van der Waals surface area contributed by atoms with E-state index >= 15 is 0 Å². The van der Waals surface area contributed by atoms with Gasteiger partial charge in [0.05, 0.1) is 5.69 Å². The number of alkyl halides is 3. The van der Waals surface area contributed by atoms with Crippen LogP contribution in [-0.2, 0) is 24.6 Å². The first kappa shape index (κ1) is 16.5. The van der Waals surface area contributed by atoms with E-state index in [9.17, 15) is 18.0 Å². The Hall–Kier alpha value is -2.83. The van der Waals surface area contributed by atoms with Gasteiger partial charge in [0.1, 0.15) is 24.0 Å². The lowest BCUT2D eigenvalue weighted by atomic mass is 10.2. The zero-order valence-corrected chi connectivity index (χ0v) is 12.6. The molecule has 1 N–H and O–H groups in total. The molecule has 0 bridgehead atoms. The lowest BCUT2D eigenvalue weighted by Gasteiger charge is -2.07. The monoisotopic (exact) mass is 326 g/mol. The quantitative estimate of drug-likeness (QED) is 0.931. The largest absolute Gasteiger partial charge is 0.435 e. The zero-order valence-electron chi connectivity index (χ0n) is 12.6. The molecule has 2 rings (SSSR count). The van der Waals surface area contributed by atoms with Gasteiger partial charge < -0.3 is 5.32 Å². The van der Waals surface area contributed by atoms with Crippen LogP contribution in [-0.4, -0.2) is 25.5 Å². The second-order valence-corrected chi connectivity index (χ2v) is 4.92. The fraction of sp³-hybridized carbons (Fsp3) is 0.385. The van der Waals surface area contributed by atoms with Crippen molar-refractivity contribution < 1.29 is 18.0 Å². The standard InChI is InChI=1S/C13H13F3N6O/c1-7-4-10(13(14,15)16)20-22(7)6-11(23)18-12-9(5-17)8(2)19-21(12)3/h4H,6H2,1-3H3,(H,18,23). The third kappa shape index (κ3) is 3.33. The molecule has 0 fully saturated rings. The highest BCUT2D eigenvalue weighted by molar-refractivity contribution is 5.91. The minimum atomic E-state index is -4.57. The number of carbonyl (C=O) groups is 1. The number of nitriles is 1. The van der Waals surface area contributed by atoms with Crippen molar-refractivity contribution in [3.63, 3.8) is 0 Å². The topological polar surface area (TPSA) is 88.5 Å². The molecule has 0 spiro atoms. The second-order valence-electron chi connectivity index (χ2n) is 4.92. The number of amides is 1. The third-order valence-electron chi connectivity index (χ3n) is 3.16. The number of aromatic nitrogens is 4. The molecule has 7 nitrogen and oxygen atoms in total. The van der Waals surface area contributed by atoms with E-state index in [0.717, 1.165) is 10.7 Å². The van der Waals surface area contributed by atoms with Gasteiger partial charge in [0.15, 0.2) is 5.69 Å². The summed E-state index contributed by atoms with van der Waals surface area (Å²) >= 11 is 0. The molecule has 23 heavy (non-hydrogen) atoms. The summed E-state index contributed by atoms with van der Waals surface area (Å²) in [5.74, 6) is -0.416. The average molecular weight is 326 g/mol. The van der Waals surface area contributed by atoms with Crippen LogP contribution in [0.5, 0.6) is 0 Å². The van der Waals surface area contributed by atoms with E-state index in [1.165, 1.54) is 11.6 Å². The van der Waals surface area contributed by atoms with Crippen molar-refractivity contribution in [2.45, 2.75) is 26.6 Å². The van der Waals surface area contributed by atoms with Crippen LogP contribution in [0.4, 0.5) is 19.0 Å². The summed E-state index contributed by atoms with van der Waals surface area (Å²) in [6.45, 7) is 2.63. The molecule has 2 aromatic rings. The Morgan fingerprint density at radius 1 is 1.39 bits per heavy atom. The fourth-order valence-corrected chi connectivity index (χ4v) is 2.05. The molecule has 0 radical (unpaired) electrons. The van der Waals surface area contributed by atoms with E-state index in [4.69, 9.17) is 5.26 Å². The van der Waals surface area contributed by atoms with Gasteiger partial charge in [-0.3, -0.25) is 14.2 Å². The van der Waals surface area contributed by atoms with Gasteiger partial charge >= 0.3 is 6.18 Å². The molecule has 0 aliphatic heterocycles. The van der Waals surface area contributed by atoms with Crippen LogP contribution in [0.15, 0.2) is 6.07 Å². The van der Waals surface area contributed by atoms with Crippen LogP contribution >= 0.6 is 0 Å². The van der Waals surface area contributed by atoms with Gasteiger partial charge in [0, 0.05) is 12.7 Å². The van der Waals surface area contributed by atoms with Crippen LogP contribution < -0.4 is 5.32 Å². The van der Waals surface area contributed by atoms with E-state index in [1.54, 1.807) is 14.0 Å². The molecule has 1 amide bonds. The highest BCUT2D eigenvalue weighted by Crippen LogP contribution is 2.28. The number of nitrogens with one attached hydrogen (secondary N) is 1. The predicted molar refractivity (Wildman–Crippen MR) is 73.3 cm³/mol. The second kappa shape index (κ2) is 5.75. The molecule has 122 valence electrons. The molecule has 0 aliphatic carbocycles. The number of aryl methyl sites for hydroxylation is 3. The number of nitrogens with zero attached hydrogens (tertiary/aromatic N) is 5. The summed E-state index contributed by atoms with van der Waals surface area (Å²) in [5, 5.41) is 18.9. The Kier molecular flexibility index (Phi) is 4.14. The molecule has 0 saturated heterocycles. The Labute approximate surface area is 129 Å². The van der Waals surface area contributed by atoms with Gasteiger partial charge in [-0.2, -0.15) is 28.6 Å². The van der Waals surface area contributed by atoms with E-state index in [1.807, 2.05) is 6.07 Å². The molecule has 10 heteroatoms. The van der Waals surface area contributed by atoms with Crippen molar-refractivity contribution in [2.24, 2.45) is 7.05 Å². The Morgan fingerprint density at radius 3 is 2.57 bits per heavy atom. The number of hydrogen-bond donors (Lipinski definition) is 1. The number of hydrogen-bond acceptors (Lipinski definition) is 4. The number of anilines is 1. The predicted octanol–water partition coefficient (Wildman–Crippen LogP) is 1.76. The molecule has 0 saturated carbocycles. The van der Waals surface area contributed by atoms with Gasteiger partial charge in [-0.1, -0.05) is 0 Å². The zero-order chi connectivity index (χ0) is 17.4. The van der Waals surface area contributed by atoms with Gasteiger partial charge in [0.25, 0.3) is 0 Å². The molecular weight excluding hydrogens is 313 g/mol. The van der Waals surface area contributed by atoms with E-state index in [-0.39, 0.29) is 17.1 Å². The van der Waals surface area contributed by atoms with Crippen LogP contribution in [0.1, 0.15) is 22.6 Å². The van der Waals surface area contributed by atoms with E-state index in [0.29, 0.717) is 5.69 Å². The smallest absolute Gasteiger partial charge is 0.308 e. The van der Waals surface area contributed by atoms with Crippen molar-refractivity contribution >= 4 is 11.7 Å². The summed E-state index contributed by atoms with van der Waals surface area (Å²) in [5.41, 5.74) is -0.208. The maximum atomic E-state index is 12.6. The van der Waals surface area contributed by atoms with Crippen LogP contribution in [0.25, 0.3) is 0 Å². The summed E-state index contributed by atoms with van der Waals surface area (Å²) in [4.78, 5) is 12.0. The van der Waals surface area contributed by atoms with Gasteiger partial charge in [-0.15, -0.1) is 0 Å². The first-order valence-electron chi connectivity index (χ1n) is 6.48.